The fourth-order valence-electron chi connectivity index (χ4n) is 2.46. The Hall–Kier alpha value is -2.91. The molecule has 0 aromatic heterocycles. The standard InChI is InChI=1S/C18H14N2O5S2/c1-2-25-15-9-11(3-8-14(15)21)10-16-17(22)19(18(26)27-16)12-4-6-13(7-5-12)20(23)24/h3-10,21H,2H2,1H3. The van der Waals surface area contributed by atoms with Gasteiger partial charge in [0.15, 0.2) is 15.8 Å². The molecule has 0 atom stereocenters. The third kappa shape index (κ3) is 3.93. The predicted molar refractivity (Wildman–Crippen MR) is 108 cm³/mol. The van der Waals surface area contributed by atoms with Crippen LogP contribution in [0.2, 0.25) is 0 Å². The second-order valence-electron chi connectivity index (χ2n) is 5.45. The van der Waals surface area contributed by atoms with Crippen molar-refractivity contribution in [1.29, 1.82) is 0 Å². The molecule has 7 nitrogen and oxygen atoms in total. The van der Waals surface area contributed by atoms with Crippen molar-refractivity contribution >= 4 is 51.7 Å². The summed E-state index contributed by atoms with van der Waals surface area (Å²) in [7, 11) is 0. The molecule has 27 heavy (non-hydrogen) atoms. The van der Waals surface area contributed by atoms with Crippen molar-refractivity contribution in [2.75, 3.05) is 11.5 Å². The van der Waals surface area contributed by atoms with E-state index in [2.05, 4.69) is 0 Å². The van der Waals surface area contributed by atoms with Crippen molar-refractivity contribution in [3.05, 3.63) is 63.0 Å². The Bertz CT molecular complexity index is 957. The lowest BCUT2D eigenvalue weighted by Gasteiger charge is -2.14. The lowest BCUT2D eigenvalue weighted by Crippen LogP contribution is -2.27. The van der Waals surface area contributed by atoms with Crippen LogP contribution in [0.5, 0.6) is 11.5 Å². The van der Waals surface area contributed by atoms with Gasteiger partial charge in [-0.25, -0.2) is 0 Å². The number of aromatic hydroxyl groups is 1. The van der Waals surface area contributed by atoms with Gasteiger partial charge in [-0.05, 0) is 42.8 Å². The molecule has 0 unspecified atom stereocenters. The van der Waals surface area contributed by atoms with Crippen LogP contribution in [0.1, 0.15) is 12.5 Å². The molecule has 138 valence electrons. The number of nitrogens with zero attached hydrogens (tertiary/aromatic N) is 2. The third-order valence-electron chi connectivity index (χ3n) is 3.69. The van der Waals surface area contributed by atoms with Gasteiger partial charge in [0.25, 0.3) is 11.6 Å². The SMILES string of the molecule is CCOc1cc(C=C2SC(=S)N(c3ccc([N+](=O)[O-])cc3)C2=O)ccc1O. The topological polar surface area (TPSA) is 92.9 Å². The molecule has 0 radical (unpaired) electrons. The number of carbonyl (C=O) groups is 1. The molecule has 0 saturated carbocycles. The number of ether oxygens (including phenoxy) is 1. The normalized spacial score (nSPS) is 15.4. The Morgan fingerprint density at radius 2 is 2.00 bits per heavy atom. The van der Waals surface area contributed by atoms with Crippen LogP contribution in [0.3, 0.4) is 0 Å². The van der Waals surface area contributed by atoms with Crippen molar-refractivity contribution in [1.82, 2.24) is 0 Å². The highest BCUT2D eigenvalue weighted by atomic mass is 32.2. The first-order valence-corrected chi connectivity index (χ1v) is 9.11. The van der Waals surface area contributed by atoms with Crippen LogP contribution in [-0.4, -0.2) is 26.9 Å². The summed E-state index contributed by atoms with van der Waals surface area (Å²) in [6.45, 7) is 2.21. The van der Waals surface area contributed by atoms with Crippen molar-refractivity contribution in [3.63, 3.8) is 0 Å². The Labute approximate surface area is 164 Å². The van der Waals surface area contributed by atoms with Crippen LogP contribution in [0.15, 0.2) is 47.4 Å². The van der Waals surface area contributed by atoms with E-state index in [-0.39, 0.29) is 17.3 Å². The minimum absolute atomic E-state index is 0.0208. The number of phenols is 1. The fraction of sp³-hybridized carbons (Fsp3) is 0.111. The van der Waals surface area contributed by atoms with E-state index in [1.54, 1.807) is 25.1 Å². The Morgan fingerprint density at radius 3 is 2.63 bits per heavy atom. The first kappa shape index (κ1) is 18.9. The quantitative estimate of drug-likeness (QED) is 0.348. The van der Waals surface area contributed by atoms with Gasteiger partial charge < -0.3 is 9.84 Å². The zero-order chi connectivity index (χ0) is 19.6. The Balaban J connectivity index is 1.88. The summed E-state index contributed by atoms with van der Waals surface area (Å²) in [5, 5.41) is 20.6. The molecule has 1 aliphatic rings. The van der Waals surface area contributed by atoms with Crippen LogP contribution >= 0.6 is 24.0 Å². The van der Waals surface area contributed by atoms with Gasteiger partial charge in [0.2, 0.25) is 0 Å². The fourth-order valence-corrected chi connectivity index (χ4v) is 3.76. The minimum atomic E-state index is -0.505. The van der Waals surface area contributed by atoms with Gasteiger partial charge in [0.05, 0.1) is 22.1 Å². The maximum Gasteiger partial charge on any atom is 0.270 e. The summed E-state index contributed by atoms with van der Waals surface area (Å²) in [5.74, 6) is 0.0365. The maximum absolute atomic E-state index is 12.8. The van der Waals surface area contributed by atoms with Crippen LogP contribution in [-0.2, 0) is 4.79 Å². The lowest BCUT2D eigenvalue weighted by atomic mass is 10.2. The number of non-ortho nitro benzene ring substituents is 1. The highest BCUT2D eigenvalue weighted by Gasteiger charge is 2.33. The van der Waals surface area contributed by atoms with E-state index in [0.29, 0.717) is 32.8 Å². The average molecular weight is 402 g/mol. The Kier molecular flexibility index (Phi) is 5.43. The van der Waals surface area contributed by atoms with E-state index in [9.17, 15) is 20.0 Å². The molecule has 1 saturated heterocycles. The van der Waals surface area contributed by atoms with Gasteiger partial charge in [0.1, 0.15) is 0 Å². The Morgan fingerprint density at radius 1 is 1.30 bits per heavy atom. The second-order valence-corrected chi connectivity index (χ2v) is 7.13. The smallest absolute Gasteiger partial charge is 0.270 e. The predicted octanol–water partition coefficient (Wildman–Crippen LogP) is 4.10. The second kappa shape index (κ2) is 7.77. The number of thiocarbonyl (C=S) groups is 1. The summed E-state index contributed by atoms with van der Waals surface area (Å²) >= 11 is 6.43. The average Bonchev–Trinajstić information content (AvgIpc) is 2.91. The first-order chi connectivity index (χ1) is 12.9. The third-order valence-corrected chi connectivity index (χ3v) is 5.00. The van der Waals surface area contributed by atoms with Gasteiger partial charge in [-0.1, -0.05) is 30.0 Å². The van der Waals surface area contributed by atoms with E-state index in [0.717, 1.165) is 11.8 Å². The highest BCUT2D eigenvalue weighted by Crippen LogP contribution is 2.37. The molecular weight excluding hydrogens is 388 g/mol. The van der Waals surface area contributed by atoms with E-state index in [1.807, 2.05) is 0 Å². The van der Waals surface area contributed by atoms with E-state index < -0.39 is 4.92 Å². The van der Waals surface area contributed by atoms with Crippen LogP contribution < -0.4 is 9.64 Å². The minimum Gasteiger partial charge on any atom is -0.504 e. The van der Waals surface area contributed by atoms with E-state index in [4.69, 9.17) is 17.0 Å². The molecule has 3 rings (SSSR count). The van der Waals surface area contributed by atoms with Crippen molar-refractivity contribution in [2.45, 2.75) is 6.92 Å². The molecule has 0 spiro atoms. The molecule has 1 aliphatic heterocycles. The highest BCUT2D eigenvalue weighted by molar-refractivity contribution is 8.27. The largest absolute Gasteiger partial charge is 0.504 e. The number of carbonyl (C=O) groups excluding carboxylic acids is 1. The molecule has 0 aliphatic carbocycles. The number of hydrogen-bond donors (Lipinski definition) is 1. The number of amides is 1. The molecule has 0 bridgehead atoms. The van der Waals surface area contributed by atoms with Gasteiger partial charge in [-0.2, -0.15) is 0 Å². The molecular formula is C18H14N2O5S2. The van der Waals surface area contributed by atoms with Gasteiger partial charge in [-0.15, -0.1) is 0 Å². The monoisotopic (exact) mass is 402 g/mol. The van der Waals surface area contributed by atoms with Crippen LogP contribution in [0, 0.1) is 10.1 Å². The van der Waals surface area contributed by atoms with Crippen molar-refractivity contribution < 1.29 is 19.6 Å². The number of thioether (sulfide) groups is 1. The lowest BCUT2D eigenvalue weighted by molar-refractivity contribution is -0.384. The van der Waals surface area contributed by atoms with E-state index in [1.165, 1.54) is 35.2 Å². The van der Waals surface area contributed by atoms with Crippen molar-refractivity contribution in [2.24, 2.45) is 0 Å². The number of nitro benzene ring substituents is 1. The summed E-state index contributed by atoms with van der Waals surface area (Å²) in [6.07, 6.45) is 1.66. The number of nitro groups is 1. The zero-order valence-corrected chi connectivity index (χ0v) is 15.8. The van der Waals surface area contributed by atoms with Gasteiger partial charge >= 0.3 is 0 Å². The summed E-state index contributed by atoms with van der Waals surface area (Å²) in [6, 6.07) is 10.4. The van der Waals surface area contributed by atoms with Crippen LogP contribution in [0.4, 0.5) is 11.4 Å². The molecule has 1 fully saturated rings. The zero-order valence-electron chi connectivity index (χ0n) is 14.1. The number of phenolic OH excluding ortho intramolecular Hbond substituents is 1. The number of hydrogen-bond acceptors (Lipinski definition) is 7. The molecule has 2 aromatic carbocycles. The molecule has 2 aromatic rings. The van der Waals surface area contributed by atoms with Gasteiger partial charge in [-0.3, -0.25) is 19.8 Å². The summed E-state index contributed by atoms with van der Waals surface area (Å²) in [4.78, 5) is 24.8. The van der Waals surface area contributed by atoms with Crippen LogP contribution in [0.25, 0.3) is 6.08 Å². The van der Waals surface area contributed by atoms with E-state index >= 15 is 0 Å². The summed E-state index contributed by atoms with van der Waals surface area (Å²) < 4.78 is 5.69. The molecule has 1 N–H and O–H groups in total. The number of rotatable bonds is 5. The number of anilines is 1. The van der Waals surface area contributed by atoms with Gasteiger partial charge in [0, 0.05) is 12.1 Å². The molecule has 1 amide bonds. The first-order valence-electron chi connectivity index (χ1n) is 7.89. The number of benzene rings is 2. The van der Waals surface area contributed by atoms with Crippen molar-refractivity contribution in [3.8, 4) is 11.5 Å². The molecule has 9 heteroatoms. The molecule has 1 heterocycles. The maximum atomic E-state index is 12.8. The summed E-state index contributed by atoms with van der Waals surface area (Å²) in [5.41, 5.74) is 1.08.